The van der Waals surface area contributed by atoms with Crippen molar-refractivity contribution in [2.75, 3.05) is 6.61 Å². The molecular formula is C16H24N2O2. The lowest BCUT2D eigenvalue weighted by Crippen LogP contribution is -2.46. The molecule has 1 aromatic carbocycles. The second-order valence-corrected chi connectivity index (χ2v) is 5.88. The Labute approximate surface area is 120 Å². The first kappa shape index (κ1) is 15.0. The van der Waals surface area contributed by atoms with Crippen molar-refractivity contribution in [3.63, 3.8) is 0 Å². The molecule has 4 nitrogen and oxygen atoms in total. The molecule has 1 atom stereocenters. The first-order valence-electron chi connectivity index (χ1n) is 7.34. The summed E-state index contributed by atoms with van der Waals surface area (Å²) in [7, 11) is 0. The van der Waals surface area contributed by atoms with E-state index in [0.29, 0.717) is 12.8 Å². The molecule has 0 aromatic heterocycles. The minimum absolute atomic E-state index is 0.0515. The van der Waals surface area contributed by atoms with Gasteiger partial charge in [0.2, 0.25) is 5.91 Å². The molecule has 0 saturated heterocycles. The number of hydrogen-bond acceptors (Lipinski definition) is 3. The van der Waals surface area contributed by atoms with E-state index in [-0.39, 0.29) is 24.1 Å². The highest BCUT2D eigenvalue weighted by Gasteiger charge is 2.32. The number of benzene rings is 1. The van der Waals surface area contributed by atoms with E-state index < -0.39 is 0 Å². The fourth-order valence-electron chi connectivity index (χ4n) is 2.91. The molecule has 2 rings (SSSR count). The van der Waals surface area contributed by atoms with E-state index in [9.17, 15) is 9.90 Å². The highest BCUT2D eigenvalue weighted by molar-refractivity contribution is 5.77. The summed E-state index contributed by atoms with van der Waals surface area (Å²) in [6.45, 7) is -0.0573. The monoisotopic (exact) mass is 276 g/mol. The lowest BCUT2D eigenvalue weighted by atomic mass is 9.94. The van der Waals surface area contributed by atoms with Crippen LogP contribution in [0.15, 0.2) is 30.3 Å². The van der Waals surface area contributed by atoms with Crippen LogP contribution in [0.5, 0.6) is 0 Å². The summed E-state index contributed by atoms with van der Waals surface area (Å²) in [5.41, 5.74) is 6.98. The van der Waals surface area contributed by atoms with Crippen molar-refractivity contribution in [3.05, 3.63) is 35.9 Å². The molecular weight excluding hydrogens is 252 g/mol. The molecule has 1 unspecified atom stereocenters. The minimum Gasteiger partial charge on any atom is -0.394 e. The third-order valence-corrected chi connectivity index (χ3v) is 4.02. The van der Waals surface area contributed by atoms with Crippen LogP contribution in [0.1, 0.15) is 37.7 Å². The number of aliphatic hydroxyl groups excluding tert-OH is 1. The Bertz CT molecular complexity index is 427. The molecule has 1 aliphatic rings. The van der Waals surface area contributed by atoms with E-state index in [1.807, 2.05) is 30.3 Å². The Hall–Kier alpha value is -1.39. The SMILES string of the molecule is NC1(CC(=O)NC(CO)Cc2ccccc2)CCCC1. The molecule has 0 bridgehead atoms. The van der Waals surface area contributed by atoms with Crippen molar-refractivity contribution in [1.82, 2.24) is 5.32 Å². The van der Waals surface area contributed by atoms with Crippen LogP contribution in [0.2, 0.25) is 0 Å². The zero-order valence-electron chi connectivity index (χ0n) is 11.8. The number of carbonyl (C=O) groups is 1. The summed E-state index contributed by atoms with van der Waals surface area (Å²) < 4.78 is 0. The van der Waals surface area contributed by atoms with Crippen molar-refractivity contribution >= 4 is 5.91 Å². The molecule has 4 N–H and O–H groups in total. The maximum absolute atomic E-state index is 12.1. The van der Waals surface area contributed by atoms with Crippen molar-refractivity contribution in [3.8, 4) is 0 Å². The quantitative estimate of drug-likeness (QED) is 0.734. The number of aliphatic hydroxyl groups is 1. The Morgan fingerprint density at radius 3 is 2.55 bits per heavy atom. The summed E-state index contributed by atoms with van der Waals surface area (Å²) in [5.74, 6) is -0.0515. The summed E-state index contributed by atoms with van der Waals surface area (Å²) in [6, 6.07) is 9.62. The smallest absolute Gasteiger partial charge is 0.222 e. The molecule has 4 heteroatoms. The van der Waals surface area contributed by atoms with Crippen molar-refractivity contribution in [2.45, 2.75) is 50.1 Å². The van der Waals surface area contributed by atoms with Crippen molar-refractivity contribution < 1.29 is 9.90 Å². The Morgan fingerprint density at radius 2 is 1.95 bits per heavy atom. The van der Waals surface area contributed by atoms with E-state index in [4.69, 9.17) is 5.73 Å². The van der Waals surface area contributed by atoms with Crippen molar-refractivity contribution in [1.29, 1.82) is 0 Å². The van der Waals surface area contributed by atoms with Gasteiger partial charge >= 0.3 is 0 Å². The summed E-state index contributed by atoms with van der Waals surface area (Å²) in [6.07, 6.45) is 5.05. The summed E-state index contributed by atoms with van der Waals surface area (Å²) in [4.78, 5) is 12.1. The highest BCUT2D eigenvalue weighted by Crippen LogP contribution is 2.29. The van der Waals surface area contributed by atoms with Gasteiger partial charge in [-0.1, -0.05) is 43.2 Å². The van der Waals surface area contributed by atoms with Gasteiger partial charge in [0.15, 0.2) is 0 Å². The van der Waals surface area contributed by atoms with Gasteiger partial charge in [-0.05, 0) is 24.8 Å². The fraction of sp³-hybridized carbons (Fsp3) is 0.562. The first-order valence-corrected chi connectivity index (χ1v) is 7.34. The Balaban J connectivity index is 1.84. The molecule has 1 saturated carbocycles. The molecule has 1 aromatic rings. The first-order chi connectivity index (χ1) is 9.61. The average Bonchev–Trinajstić information content (AvgIpc) is 2.85. The average molecular weight is 276 g/mol. The van der Waals surface area contributed by atoms with E-state index in [0.717, 1.165) is 31.2 Å². The third kappa shape index (κ3) is 4.32. The fourth-order valence-corrected chi connectivity index (χ4v) is 2.91. The van der Waals surface area contributed by atoms with Gasteiger partial charge in [-0.3, -0.25) is 4.79 Å². The lowest BCUT2D eigenvalue weighted by molar-refractivity contribution is -0.123. The van der Waals surface area contributed by atoms with E-state index in [1.54, 1.807) is 0 Å². The zero-order chi connectivity index (χ0) is 14.4. The van der Waals surface area contributed by atoms with E-state index in [1.165, 1.54) is 0 Å². The van der Waals surface area contributed by atoms with Crippen LogP contribution in [0, 0.1) is 0 Å². The normalized spacial score (nSPS) is 18.7. The van der Waals surface area contributed by atoms with Crippen LogP contribution in [-0.2, 0) is 11.2 Å². The largest absolute Gasteiger partial charge is 0.394 e. The zero-order valence-corrected chi connectivity index (χ0v) is 11.8. The molecule has 1 fully saturated rings. The third-order valence-electron chi connectivity index (χ3n) is 4.02. The molecule has 0 heterocycles. The Kier molecular flexibility index (Phi) is 5.15. The van der Waals surface area contributed by atoms with Gasteiger partial charge in [0.1, 0.15) is 0 Å². The molecule has 1 aliphatic carbocycles. The van der Waals surface area contributed by atoms with Crippen LogP contribution in [0.25, 0.3) is 0 Å². The molecule has 0 radical (unpaired) electrons. The number of rotatable bonds is 6. The van der Waals surface area contributed by atoms with Crippen LogP contribution in [0.4, 0.5) is 0 Å². The second kappa shape index (κ2) is 6.86. The van der Waals surface area contributed by atoms with Gasteiger partial charge < -0.3 is 16.2 Å². The maximum atomic E-state index is 12.1. The number of nitrogens with two attached hydrogens (primary N) is 1. The van der Waals surface area contributed by atoms with Crippen LogP contribution >= 0.6 is 0 Å². The van der Waals surface area contributed by atoms with E-state index in [2.05, 4.69) is 5.32 Å². The van der Waals surface area contributed by atoms with Gasteiger partial charge in [0.05, 0.1) is 12.6 Å². The summed E-state index contributed by atoms with van der Waals surface area (Å²) >= 11 is 0. The van der Waals surface area contributed by atoms with Gasteiger partial charge in [0.25, 0.3) is 0 Å². The number of amides is 1. The van der Waals surface area contributed by atoms with Crippen LogP contribution in [0.3, 0.4) is 0 Å². The number of hydrogen-bond donors (Lipinski definition) is 3. The molecule has 0 aliphatic heterocycles. The molecule has 20 heavy (non-hydrogen) atoms. The minimum atomic E-state index is -0.336. The molecule has 0 spiro atoms. The predicted octanol–water partition coefficient (Wildman–Crippen LogP) is 1.37. The van der Waals surface area contributed by atoms with Gasteiger partial charge in [-0.2, -0.15) is 0 Å². The predicted molar refractivity (Wildman–Crippen MR) is 79.2 cm³/mol. The second-order valence-electron chi connectivity index (χ2n) is 5.88. The van der Waals surface area contributed by atoms with Gasteiger partial charge in [-0.15, -0.1) is 0 Å². The summed E-state index contributed by atoms with van der Waals surface area (Å²) in [5, 5.41) is 12.3. The highest BCUT2D eigenvalue weighted by atomic mass is 16.3. The molecule has 1 amide bonds. The lowest BCUT2D eigenvalue weighted by Gasteiger charge is -2.24. The van der Waals surface area contributed by atoms with Crippen LogP contribution < -0.4 is 11.1 Å². The number of carbonyl (C=O) groups excluding carboxylic acids is 1. The van der Waals surface area contributed by atoms with Gasteiger partial charge in [-0.25, -0.2) is 0 Å². The number of nitrogens with one attached hydrogen (secondary N) is 1. The van der Waals surface area contributed by atoms with Gasteiger partial charge in [0, 0.05) is 12.0 Å². The molecule has 110 valence electrons. The van der Waals surface area contributed by atoms with Crippen LogP contribution in [-0.4, -0.2) is 29.2 Å². The van der Waals surface area contributed by atoms with E-state index >= 15 is 0 Å². The van der Waals surface area contributed by atoms with Crippen molar-refractivity contribution in [2.24, 2.45) is 5.73 Å². The Morgan fingerprint density at radius 1 is 1.30 bits per heavy atom. The maximum Gasteiger partial charge on any atom is 0.222 e. The topological polar surface area (TPSA) is 75.4 Å². The standard InChI is InChI=1S/C16H24N2O2/c17-16(8-4-5-9-16)11-15(20)18-14(12-19)10-13-6-2-1-3-7-13/h1-3,6-7,14,19H,4-5,8-12,17H2,(H,18,20).